The van der Waals surface area contributed by atoms with Crippen LogP contribution in [0, 0.1) is 6.92 Å². The van der Waals surface area contributed by atoms with Crippen molar-refractivity contribution in [3.05, 3.63) is 62.6 Å². The van der Waals surface area contributed by atoms with Gasteiger partial charge in [-0.05, 0) is 42.3 Å². The molecule has 0 fully saturated rings. The molecule has 0 spiro atoms. The second kappa shape index (κ2) is 6.96. The SMILES string of the molecule is COC(=O)c1ccc(Cl)cc1NCc1ccc(C)c(Br)c1. The van der Waals surface area contributed by atoms with Gasteiger partial charge in [-0.3, -0.25) is 0 Å². The van der Waals surface area contributed by atoms with Crippen LogP contribution in [0.1, 0.15) is 21.5 Å². The largest absolute Gasteiger partial charge is 0.465 e. The van der Waals surface area contributed by atoms with Gasteiger partial charge in [-0.25, -0.2) is 4.79 Å². The van der Waals surface area contributed by atoms with Gasteiger partial charge in [0.25, 0.3) is 0 Å². The molecule has 21 heavy (non-hydrogen) atoms. The molecule has 3 nitrogen and oxygen atoms in total. The van der Waals surface area contributed by atoms with Crippen LogP contribution in [0.25, 0.3) is 0 Å². The Morgan fingerprint density at radius 3 is 2.71 bits per heavy atom. The average molecular weight is 369 g/mol. The number of rotatable bonds is 4. The first kappa shape index (κ1) is 15.9. The first-order valence-electron chi connectivity index (χ1n) is 6.38. The fraction of sp³-hybridized carbons (Fsp3) is 0.188. The van der Waals surface area contributed by atoms with Crippen molar-refractivity contribution in [1.29, 1.82) is 0 Å². The Kier molecular flexibility index (Phi) is 5.26. The van der Waals surface area contributed by atoms with Crippen LogP contribution in [-0.2, 0) is 11.3 Å². The van der Waals surface area contributed by atoms with Crippen LogP contribution in [0.4, 0.5) is 5.69 Å². The van der Waals surface area contributed by atoms with E-state index in [2.05, 4.69) is 21.2 Å². The van der Waals surface area contributed by atoms with E-state index in [0.29, 0.717) is 22.8 Å². The van der Waals surface area contributed by atoms with E-state index >= 15 is 0 Å². The van der Waals surface area contributed by atoms with Crippen molar-refractivity contribution in [1.82, 2.24) is 0 Å². The van der Waals surface area contributed by atoms with Gasteiger partial charge in [-0.2, -0.15) is 0 Å². The summed E-state index contributed by atoms with van der Waals surface area (Å²) in [5.74, 6) is -0.390. The average Bonchev–Trinajstić information content (AvgIpc) is 2.48. The number of carbonyl (C=O) groups is 1. The van der Waals surface area contributed by atoms with Gasteiger partial charge in [-0.1, -0.05) is 39.7 Å². The second-order valence-electron chi connectivity index (χ2n) is 4.62. The molecular weight excluding hydrogens is 354 g/mol. The molecule has 0 aromatic heterocycles. The minimum atomic E-state index is -0.390. The number of benzene rings is 2. The maximum absolute atomic E-state index is 11.7. The van der Waals surface area contributed by atoms with Gasteiger partial charge in [-0.15, -0.1) is 0 Å². The van der Waals surface area contributed by atoms with Gasteiger partial charge >= 0.3 is 5.97 Å². The lowest BCUT2D eigenvalue weighted by molar-refractivity contribution is 0.0602. The zero-order valence-electron chi connectivity index (χ0n) is 11.7. The summed E-state index contributed by atoms with van der Waals surface area (Å²) in [6.07, 6.45) is 0. The summed E-state index contributed by atoms with van der Waals surface area (Å²) in [6, 6.07) is 11.2. The van der Waals surface area contributed by atoms with Crippen LogP contribution in [0.2, 0.25) is 5.02 Å². The standard InChI is InChI=1S/C16H15BrClNO2/c1-10-3-4-11(7-14(10)17)9-19-15-8-12(18)5-6-13(15)16(20)21-2/h3-8,19H,9H2,1-2H3. The predicted octanol–water partition coefficient (Wildman–Crippen LogP) is 4.81. The fourth-order valence-electron chi connectivity index (χ4n) is 1.89. The number of anilines is 1. The molecule has 0 saturated heterocycles. The molecule has 110 valence electrons. The molecule has 0 aliphatic carbocycles. The van der Waals surface area contributed by atoms with E-state index < -0.39 is 0 Å². The maximum Gasteiger partial charge on any atom is 0.339 e. The molecule has 0 radical (unpaired) electrons. The third-order valence-electron chi connectivity index (χ3n) is 3.11. The third kappa shape index (κ3) is 3.99. The molecule has 0 aliphatic rings. The normalized spacial score (nSPS) is 10.3. The number of hydrogen-bond donors (Lipinski definition) is 1. The zero-order chi connectivity index (χ0) is 15.4. The molecule has 2 aromatic carbocycles. The highest BCUT2D eigenvalue weighted by molar-refractivity contribution is 9.10. The first-order chi connectivity index (χ1) is 10.0. The monoisotopic (exact) mass is 367 g/mol. The number of methoxy groups -OCH3 is 1. The number of aryl methyl sites for hydroxylation is 1. The number of halogens is 2. The van der Waals surface area contributed by atoms with Crippen LogP contribution < -0.4 is 5.32 Å². The van der Waals surface area contributed by atoms with Gasteiger partial charge in [0, 0.05) is 16.0 Å². The van der Waals surface area contributed by atoms with Crippen LogP contribution in [0.15, 0.2) is 40.9 Å². The molecule has 0 aliphatic heterocycles. The summed E-state index contributed by atoms with van der Waals surface area (Å²) in [6.45, 7) is 2.62. The highest BCUT2D eigenvalue weighted by atomic mass is 79.9. The lowest BCUT2D eigenvalue weighted by Crippen LogP contribution is -2.08. The lowest BCUT2D eigenvalue weighted by atomic mass is 10.1. The van der Waals surface area contributed by atoms with Crippen molar-refractivity contribution in [2.75, 3.05) is 12.4 Å². The van der Waals surface area contributed by atoms with Gasteiger partial charge in [0.1, 0.15) is 0 Å². The molecule has 0 unspecified atom stereocenters. The van der Waals surface area contributed by atoms with Crippen LogP contribution in [-0.4, -0.2) is 13.1 Å². The van der Waals surface area contributed by atoms with E-state index in [0.717, 1.165) is 10.0 Å². The van der Waals surface area contributed by atoms with Crippen LogP contribution in [0.5, 0.6) is 0 Å². The maximum atomic E-state index is 11.7. The predicted molar refractivity (Wildman–Crippen MR) is 89.0 cm³/mol. The minimum Gasteiger partial charge on any atom is -0.465 e. The summed E-state index contributed by atoms with van der Waals surface area (Å²) in [5.41, 5.74) is 3.40. The van der Waals surface area contributed by atoms with Crippen molar-refractivity contribution in [3.63, 3.8) is 0 Å². The van der Waals surface area contributed by atoms with Crippen molar-refractivity contribution in [2.45, 2.75) is 13.5 Å². The van der Waals surface area contributed by atoms with E-state index in [-0.39, 0.29) is 5.97 Å². The van der Waals surface area contributed by atoms with E-state index in [1.807, 2.05) is 25.1 Å². The smallest absolute Gasteiger partial charge is 0.339 e. The topological polar surface area (TPSA) is 38.3 Å². The quantitative estimate of drug-likeness (QED) is 0.787. The summed E-state index contributed by atoms with van der Waals surface area (Å²) < 4.78 is 5.83. The van der Waals surface area contributed by atoms with E-state index in [1.165, 1.54) is 12.7 Å². The number of hydrogen-bond acceptors (Lipinski definition) is 3. The van der Waals surface area contributed by atoms with Gasteiger partial charge in [0.2, 0.25) is 0 Å². The van der Waals surface area contributed by atoms with Crippen molar-refractivity contribution in [3.8, 4) is 0 Å². The van der Waals surface area contributed by atoms with Crippen LogP contribution >= 0.6 is 27.5 Å². The highest BCUT2D eigenvalue weighted by Gasteiger charge is 2.12. The Morgan fingerprint density at radius 2 is 2.05 bits per heavy atom. The Labute approximate surface area is 137 Å². The second-order valence-corrected chi connectivity index (χ2v) is 5.91. The van der Waals surface area contributed by atoms with E-state index in [1.54, 1.807) is 18.2 Å². The molecule has 0 bridgehead atoms. The molecule has 1 N–H and O–H groups in total. The highest BCUT2D eigenvalue weighted by Crippen LogP contribution is 2.23. The third-order valence-corrected chi connectivity index (χ3v) is 4.20. The molecule has 0 heterocycles. The molecule has 2 rings (SSSR count). The Morgan fingerprint density at radius 1 is 1.29 bits per heavy atom. The number of esters is 1. The molecule has 0 saturated carbocycles. The van der Waals surface area contributed by atoms with E-state index in [4.69, 9.17) is 16.3 Å². The number of nitrogens with one attached hydrogen (secondary N) is 1. The lowest BCUT2D eigenvalue weighted by Gasteiger charge is -2.12. The Balaban J connectivity index is 2.20. The van der Waals surface area contributed by atoms with Crippen molar-refractivity contribution < 1.29 is 9.53 Å². The van der Waals surface area contributed by atoms with Gasteiger partial charge < -0.3 is 10.1 Å². The minimum absolute atomic E-state index is 0.390. The molecule has 5 heteroatoms. The summed E-state index contributed by atoms with van der Waals surface area (Å²) >= 11 is 9.50. The Hall–Kier alpha value is -1.52. The molecular formula is C16H15BrClNO2. The molecule has 0 atom stereocenters. The van der Waals surface area contributed by atoms with Crippen LogP contribution in [0.3, 0.4) is 0 Å². The zero-order valence-corrected chi connectivity index (χ0v) is 14.1. The Bertz CT molecular complexity index is 673. The molecule has 2 aromatic rings. The van der Waals surface area contributed by atoms with Crippen molar-refractivity contribution >= 4 is 39.2 Å². The fourth-order valence-corrected chi connectivity index (χ4v) is 2.49. The number of ether oxygens (including phenoxy) is 1. The first-order valence-corrected chi connectivity index (χ1v) is 7.55. The van der Waals surface area contributed by atoms with Gasteiger partial charge in [0.15, 0.2) is 0 Å². The number of carbonyl (C=O) groups excluding carboxylic acids is 1. The van der Waals surface area contributed by atoms with E-state index in [9.17, 15) is 4.79 Å². The summed E-state index contributed by atoms with van der Waals surface area (Å²) in [7, 11) is 1.36. The summed E-state index contributed by atoms with van der Waals surface area (Å²) in [5, 5.41) is 3.79. The van der Waals surface area contributed by atoms with Crippen molar-refractivity contribution in [2.24, 2.45) is 0 Å². The molecule has 0 amide bonds. The van der Waals surface area contributed by atoms with Gasteiger partial charge in [0.05, 0.1) is 18.4 Å². The summed E-state index contributed by atoms with van der Waals surface area (Å²) in [4.78, 5) is 11.7.